The fourth-order valence-corrected chi connectivity index (χ4v) is 2.59. The zero-order valence-corrected chi connectivity index (χ0v) is 24.7. The number of halogens is 6. The molecule has 0 N–H and O–H groups in total. The topological polar surface area (TPSA) is 114 Å². The third-order valence-electron chi connectivity index (χ3n) is 5.75. The largest absolute Gasteiger partial charge is 2.00 e. The van der Waals surface area contributed by atoms with Crippen LogP contribution in [0.4, 0.5) is 26.3 Å². The molecule has 0 spiro atoms. The second kappa shape index (κ2) is 15.0. The Bertz CT molecular complexity index is 717. The zero-order chi connectivity index (χ0) is 29.8. The van der Waals surface area contributed by atoms with Gasteiger partial charge < -0.3 is 9.11 Å². The number of hydrogen-bond acceptors (Lipinski definition) is 6. The first-order chi connectivity index (χ1) is 15.6. The summed E-state index contributed by atoms with van der Waals surface area (Å²) >= 11 is 0. The first-order valence-electron chi connectivity index (χ1n) is 9.75. The van der Waals surface area contributed by atoms with Crippen molar-refractivity contribution in [2.45, 2.75) is 66.4 Å². The van der Waals surface area contributed by atoms with Crippen LogP contribution in [0.25, 0.3) is 0 Å². The van der Waals surface area contributed by atoms with E-state index in [-0.39, 0.29) is 19.5 Å². The summed E-state index contributed by atoms with van der Waals surface area (Å²) in [6.45, 7) is 25.2. The quantitative estimate of drug-likeness (QED) is 0.108. The van der Waals surface area contributed by atoms with Crippen LogP contribution in [-0.4, -0.2) is 37.0 Å². The molecular weight excluding hydrogens is 639 g/mol. The van der Waals surface area contributed by atoms with Gasteiger partial charge in [-0.1, -0.05) is 55.4 Å². The second-order valence-corrected chi connectivity index (χ2v) is 10.5. The van der Waals surface area contributed by atoms with Crippen molar-refractivity contribution in [2.24, 2.45) is 0 Å². The van der Waals surface area contributed by atoms with Crippen LogP contribution in [0.2, 0.25) is 0 Å². The maximum Gasteiger partial charge on any atom is 2.00 e. The average Bonchev–Trinajstić information content (AvgIpc) is 2.96. The number of alkyl halides is 6. The molecule has 0 aromatic carbocycles. The first kappa shape index (κ1) is 41.2. The molecule has 0 aromatic heterocycles. The van der Waals surface area contributed by atoms with E-state index >= 15 is 0 Å². The van der Waals surface area contributed by atoms with E-state index in [1.165, 1.54) is 59.2 Å². The van der Waals surface area contributed by atoms with Gasteiger partial charge in [0.25, 0.3) is 0 Å². The van der Waals surface area contributed by atoms with E-state index < -0.39 is 31.3 Å². The summed E-state index contributed by atoms with van der Waals surface area (Å²) in [4.78, 5) is 0. The fourth-order valence-electron chi connectivity index (χ4n) is 2.59. The maximum atomic E-state index is 10.7. The van der Waals surface area contributed by atoms with Crippen molar-refractivity contribution in [1.29, 1.82) is 0 Å². The molecule has 0 aromatic rings. The molecule has 2 rings (SSSR count). The molecule has 2 saturated carbocycles. The Kier molecular flexibility index (Phi) is 16.7. The number of rotatable bonds is 0. The molecule has 2 fully saturated rings. The van der Waals surface area contributed by atoms with Crippen LogP contribution in [-0.2, 0) is 39.7 Å². The Morgan fingerprint density at radius 2 is 0.595 bits per heavy atom. The van der Waals surface area contributed by atoms with Gasteiger partial charge in [0.2, 0.25) is 0 Å². The standard InChI is InChI=1S/2C10H14.2CHF3O3S.Ru/c2*1-6-7(2)9(4)10(5)8(6)3;2*2-1(3,4)8(5,6)7;/h2*1H2,2-5H3;2*(H,5,6,7);/q2*+1;;;+2/p-2. The van der Waals surface area contributed by atoms with E-state index in [0.717, 1.165) is 0 Å². The Morgan fingerprint density at radius 1 is 0.486 bits per heavy atom. The van der Waals surface area contributed by atoms with Gasteiger partial charge in [-0.15, -0.1) is 0 Å². The van der Waals surface area contributed by atoms with Crippen molar-refractivity contribution >= 4 is 20.2 Å². The van der Waals surface area contributed by atoms with E-state index in [2.05, 4.69) is 69.2 Å². The minimum atomic E-state index is -6.09. The summed E-state index contributed by atoms with van der Waals surface area (Å²) in [5, 5.41) is 0. The third-order valence-corrected chi connectivity index (χ3v) is 6.89. The molecule has 6 nitrogen and oxygen atoms in total. The van der Waals surface area contributed by atoms with Gasteiger partial charge in [0, 0.05) is 23.7 Å². The average molecular weight is 668 g/mol. The Hall–Kier alpha value is -0.237. The van der Waals surface area contributed by atoms with Gasteiger partial charge in [0.1, 0.15) is 0 Å². The van der Waals surface area contributed by atoms with Crippen LogP contribution in [0.3, 0.4) is 0 Å². The van der Waals surface area contributed by atoms with E-state index in [1.807, 2.05) is 0 Å². The molecule has 15 heteroatoms. The molecule has 0 unspecified atom stereocenters. The molecule has 37 heavy (non-hydrogen) atoms. The summed E-state index contributed by atoms with van der Waals surface area (Å²) in [6, 6.07) is 0. The summed E-state index contributed by atoms with van der Waals surface area (Å²) in [5.41, 5.74) is -11.3. The van der Waals surface area contributed by atoms with Gasteiger partial charge >= 0.3 is 30.5 Å². The van der Waals surface area contributed by atoms with Crippen LogP contribution >= 0.6 is 0 Å². The molecule has 0 aliphatic heterocycles. The molecule has 0 bridgehead atoms. The predicted octanol–water partition coefficient (Wildman–Crippen LogP) is 5.67. The van der Waals surface area contributed by atoms with Gasteiger partial charge in [0.15, 0.2) is 32.1 Å². The molecule has 2 aliphatic rings. The Morgan fingerprint density at radius 3 is 0.622 bits per heavy atom. The van der Waals surface area contributed by atoms with Crippen molar-refractivity contribution in [1.82, 2.24) is 0 Å². The third kappa shape index (κ3) is 12.2. The van der Waals surface area contributed by atoms with E-state index in [1.54, 1.807) is 0 Å². The van der Waals surface area contributed by atoms with Crippen LogP contribution < -0.4 is 0 Å². The molecular formula is C22H28F6O6RuS2+2. The SMILES string of the molecule is O=S(=O)([O-])C(F)(F)F.O=S(=O)([O-])C(F)(F)F.[CH2+][C]1[C](C)[C](C)[C](C)[C]1C.[CH2+][C]1[C](C)[C](C)[C](C)[C]1C.[Ru+2]. The van der Waals surface area contributed by atoms with Gasteiger partial charge in [-0.3, -0.25) is 0 Å². The van der Waals surface area contributed by atoms with Gasteiger partial charge in [0.05, 0.1) is 13.8 Å². The zero-order valence-electron chi connectivity index (χ0n) is 21.3. The van der Waals surface area contributed by atoms with Crippen LogP contribution in [0.15, 0.2) is 0 Å². The predicted molar refractivity (Wildman–Crippen MR) is 120 cm³/mol. The molecule has 0 saturated heterocycles. The molecule has 0 heterocycles. The van der Waals surface area contributed by atoms with E-state index in [0.29, 0.717) is 0 Å². The molecule has 10 radical (unpaired) electrons. The van der Waals surface area contributed by atoms with E-state index in [9.17, 15) is 26.3 Å². The molecule has 0 atom stereocenters. The minimum absolute atomic E-state index is 0. The molecule has 0 amide bonds. The van der Waals surface area contributed by atoms with Crippen LogP contribution in [0, 0.1) is 73.0 Å². The van der Waals surface area contributed by atoms with Crippen LogP contribution in [0.1, 0.15) is 55.4 Å². The van der Waals surface area contributed by atoms with Crippen molar-refractivity contribution in [3.05, 3.63) is 73.0 Å². The molecule has 212 valence electrons. The smallest absolute Gasteiger partial charge is 0.741 e. The minimum Gasteiger partial charge on any atom is -0.741 e. The maximum absolute atomic E-state index is 10.7. The first-order valence-corrected chi connectivity index (χ1v) is 12.6. The normalized spacial score (nSPS) is 21.4. The van der Waals surface area contributed by atoms with Crippen LogP contribution in [0.5, 0.6) is 0 Å². The summed E-state index contributed by atoms with van der Waals surface area (Å²) in [5.74, 6) is 13.5. The van der Waals surface area contributed by atoms with Crippen molar-refractivity contribution < 1.29 is 71.8 Å². The van der Waals surface area contributed by atoms with Crippen molar-refractivity contribution in [3.63, 3.8) is 0 Å². The van der Waals surface area contributed by atoms with E-state index in [4.69, 9.17) is 25.9 Å². The second-order valence-electron chi connectivity index (χ2n) is 7.76. The van der Waals surface area contributed by atoms with Gasteiger partial charge in [-0.2, -0.15) is 26.3 Å². The molecule has 2 aliphatic carbocycles. The summed E-state index contributed by atoms with van der Waals surface area (Å²) in [7, 11) is -12.2. The van der Waals surface area contributed by atoms with Gasteiger partial charge in [-0.25, -0.2) is 16.8 Å². The monoisotopic (exact) mass is 668 g/mol. The Balaban J connectivity index is -0.000000416. The summed E-state index contributed by atoms with van der Waals surface area (Å²) in [6.07, 6.45) is 0. The number of hydrogen-bond donors (Lipinski definition) is 0. The summed E-state index contributed by atoms with van der Waals surface area (Å²) < 4.78 is 118. The fraction of sp³-hybridized carbons (Fsp3) is 0.455. The van der Waals surface area contributed by atoms with Crippen molar-refractivity contribution in [3.8, 4) is 0 Å². The van der Waals surface area contributed by atoms with Crippen molar-refractivity contribution in [2.75, 3.05) is 0 Å². The Labute approximate surface area is 231 Å². The van der Waals surface area contributed by atoms with Gasteiger partial charge in [-0.05, 0) is 23.7 Å².